The van der Waals surface area contributed by atoms with Crippen molar-refractivity contribution in [3.63, 3.8) is 0 Å². The largest absolute Gasteiger partial charge is 0.406 e. The highest BCUT2D eigenvalue weighted by Crippen LogP contribution is 2.49. The van der Waals surface area contributed by atoms with Gasteiger partial charge in [-0.3, -0.25) is 23.2 Å². The van der Waals surface area contributed by atoms with E-state index in [1.165, 1.54) is 24.3 Å². The number of nitrogens with zero attached hydrogens (tertiary/aromatic N) is 2. The predicted molar refractivity (Wildman–Crippen MR) is 125 cm³/mol. The molecule has 1 aliphatic carbocycles. The van der Waals surface area contributed by atoms with Gasteiger partial charge in [-0.2, -0.15) is 13.4 Å². The molecule has 0 fully saturated rings. The fourth-order valence-electron chi connectivity index (χ4n) is 1.83. The Balaban J connectivity index is 0.000000602. The van der Waals surface area contributed by atoms with Gasteiger partial charge in [0.1, 0.15) is 5.82 Å². The summed E-state index contributed by atoms with van der Waals surface area (Å²) in [6, 6.07) is 1.74. The molecule has 0 saturated carbocycles. The monoisotopic (exact) mass is 528 g/mol. The molecule has 1 aromatic rings. The maximum atomic E-state index is 10.3. The third-order valence-electron chi connectivity index (χ3n) is 2.97. The number of aromatic nitrogens is 2. The molecule has 0 aliphatic heterocycles. The molecule has 0 aromatic carbocycles. The zero-order chi connectivity index (χ0) is 24.9. The zero-order valence-corrected chi connectivity index (χ0v) is 21.5. The van der Waals surface area contributed by atoms with Crippen molar-refractivity contribution in [1.82, 2.24) is 9.97 Å². The van der Waals surface area contributed by atoms with Crippen LogP contribution in [0.2, 0.25) is 0 Å². The van der Waals surface area contributed by atoms with Crippen molar-refractivity contribution in [2.45, 2.75) is 40.5 Å². The van der Waals surface area contributed by atoms with Crippen LogP contribution in [0.4, 0.5) is 0 Å². The van der Waals surface area contributed by atoms with Gasteiger partial charge in [-0.05, 0) is 45.1 Å². The average Bonchev–Trinajstić information content (AvgIpc) is 2.63. The lowest BCUT2D eigenvalue weighted by Crippen LogP contribution is -2.06. The minimum atomic E-state index is -4.19. The molecule has 1 aliphatic rings. The number of ketones is 2. The normalized spacial score (nSPS) is 13.2. The molecule has 1 aromatic heterocycles. The molecular formula is C18H26ClN2O8PS2. The second-order valence-electron chi connectivity index (χ2n) is 6.12. The second-order valence-corrected chi connectivity index (χ2v) is 11.0. The van der Waals surface area contributed by atoms with Gasteiger partial charge in [0.15, 0.2) is 11.6 Å². The molecule has 1 heterocycles. The van der Waals surface area contributed by atoms with Gasteiger partial charge in [0, 0.05) is 40.2 Å². The van der Waals surface area contributed by atoms with Crippen LogP contribution in [0.15, 0.2) is 30.4 Å². The summed E-state index contributed by atoms with van der Waals surface area (Å²) in [7, 11) is -0.137. The summed E-state index contributed by atoms with van der Waals surface area (Å²) in [6.45, 7) is 7.78. The van der Waals surface area contributed by atoms with E-state index in [4.69, 9.17) is 38.3 Å². The number of carbonyl (C=O) groups is 2. The van der Waals surface area contributed by atoms with Crippen molar-refractivity contribution >= 4 is 50.1 Å². The van der Waals surface area contributed by atoms with Gasteiger partial charge in [-0.1, -0.05) is 13.8 Å². The summed E-state index contributed by atoms with van der Waals surface area (Å²) < 4.78 is 41.7. The van der Waals surface area contributed by atoms with Gasteiger partial charge in [-0.15, -0.1) is 0 Å². The SMILES string of the molecule is CCOP(=S)(OCC)Oc1cc(C)nc(C(C)C)n1.O=C1C=CC(=O)C=C1.O=S(=O)(O)Cl. The first-order chi connectivity index (χ1) is 14.7. The van der Waals surface area contributed by atoms with Gasteiger partial charge in [-0.25, -0.2) is 4.98 Å². The number of allylic oxidation sites excluding steroid dienone is 4. The van der Waals surface area contributed by atoms with E-state index in [0.29, 0.717) is 19.1 Å². The Morgan fingerprint density at radius 2 is 1.47 bits per heavy atom. The Bertz CT molecular complexity index is 941. The van der Waals surface area contributed by atoms with Crippen LogP contribution in [0.25, 0.3) is 0 Å². The van der Waals surface area contributed by atoms with E-state index in [1.807, 2.05) is 34.6 Å². The quantitative estimate of drug-likeness (QED) is 0.238. The first-order valence-electron chi connectivity index (χ1n) is 9.24. The van der Waals surface area contributed by atoms with Crippen LogP contribution in [-0.4, -0.2) is 47.7 Å². The first kappa shape index (κ1) is 30.5. The van der Waals surface area contributed by atoms with Crippen LogP contribution in [-0.2, 0) is 39.8 Å². The van der Waals surface area contributed by atoms with E-state index in [0.717, 1.165) is 11.5 Å². The maximum absolute atomic E-state index is 10.3. The standard InChI is InChI=1S/C12H21N2O3PS.C6H4O2.ClHO3S/c1-6-15-18(19,16-7-2)17-11-8-10(5)13-12(14-11)9(3)4;7-5-1-2-6(8)4-3-5;1-5(2,3)4/h8-9H,6-7H2,1-5H3;1-4H;(H,2,3,4). The van der Waals surface area contributed by atoms with Gasteiger partial charge in [0.25, 0.3) is 0 Å². The highest BCUT2D eigenvalue weighted by Gasteiger charge is 2.22. The molecular weight excluding hydrogens is 503 g/mol. The Hall–Kier alpha value is -1.53. The van der Waals surface area contributed by atoms with Crippen molar-refractivity contribution in [1.29, 1.82) is 0 Å². The average molecular weight is 529 g/mol. The minimum Gasteiger partial charge on any atom is -0.406 e. The topological polar surface area (TPSA) is 142 Å². The molecule has 180 valence electrons. The van der Waals surface area contributed by atoms with Gasteiger partial charge in [0.2, 0.25) is 5.88 Å². The summed E-state index contributed by atoms with van der Waals surface area (Å²) in [6.07, 6.45) is 5.01. The summed E-state index contributed by atoms with van der Waals surface area (Å²) in [4.78, 5) is 29.3. The summed E-state index contributed by atoms with van der Waals surface area (Å²) in [5, 5.41) is 0. The summed E-state index contributed by atoms with van der Waals surface area (Å²) >= 11 is 5.32. The molecule has 1 N–H and O–H groups in total. The van der Waals surface area contributed by atoms with Crippen molar-refractivity contribution in [2.24, 2.45) is 0 Å². The number of aryl methyl sites for hydroxylation is 1. The van der Waals surface area contributed by atoms with E-state index in [9.17, 15) is 9.59 Å². The third-order valence-corrected chi connectivity index (χ3v) is 5.38. The zero-order valence-electron chi connectivity index (χ0n) is 18.2. The van der Waals surface area contributed by atoms with Crippen LogP contribution in [0, 0.1) is 6.92 Å². The van der Waals surface area contributed by atoms with Crippen LogP contribution in [0.1, 0.15) is 45.1 Å². The Kier molecular flexibility index (Phi) is 13.9. The molecule has 0 bridgehead atoms. The Labute approximate surface area is 197 Å². The maximum Gasteiger partial charge on any atom is 0.381 e. The number of halogens is 1. The van der Waals surface area contributed by atoms with Crippen LogP contribution in [0.5, 0.6) is 5.88 Å². The second kappa shape index (κ2) is 14.6. The van der Waals surface area contributed by atoms with Gasteiger partial charge >= 0.3 is 16.1 Å². The highest BCUT2D eigenvalue weighted by molar-refractivity contribution is 8.09. The smallest absolute Gasteiger partial charge is 0.381 e. The van der Waals surface area contributed by atoms with E-state index in [-0.39, 0.29) is 17.5 Å². The lowest BCUT2D eigenvalue weighted by molar-refractivity contribution is -0.113. The lowest BCUT2D eigenvalue weighted by Gasteiger charge is -2.20. The van der Waals surface area contributed by atoms with E-state index < -0.39 is 16.1 Å². The number of carbonyl (C=O) groups excluding carboxylic acids is 2. The predicted octanol–water partition coefficient (Wildman–Crippen LogP) is 3.86. The number of rotatable bonds is 7. The Morgan fingerprint density at radius 3 is 1.81 bits per heavy atom. The number of hydrogen-bond donors (Lipinski definition) is 1. The fraction of sp³-hybridized carbons (Fsp3) is 0.444. The molecule has 0 unspecified atom stereocenters. The van der Waals surface area contributed by atoms with Crippen molar-refractivity contribution < 1.29 is 36.1 Å². The Morgan fingerprint density at radius 1 is 1.06 bits per heavy atom. The first-order valence-corrected chi connectivity index (χ1v) is 14.1. The summed E-state index contributed by atoms with van der Waals surface area (Å²) in [5.74, 6) is 1.12. The van der Waals surface area contributed by atoms with Gasteiger partial charge in [0.05, 0.1) is 13.2 Å². The molecule has 0 saturated heterocycles. The fourth-order valence-corrected chi connectivity index (χ4v) is 3.82. The van der Waals surface area contributed by atoms with Crippen molar-refractivity contribution in [3.8, 4) is 5.88 Å². The molecule has 32 heavy (non-hydrogen) atoms. The molecule has 14 heteroatoms. The lowest BCUT2D eigenvalue weighted by atomic mass is 10.2. The highest BCUT2D eigenvalue weighted by atomic mass is 35.7. The van der Waals surface area contributed by atoms with E-state index >= 15 is 0 Å². The van der Waals surface area contributed by atoms with E-state index in [1.54, 1.807) is 6.07 Å². The van der Waals surface area contributed by atoms with Crippen LogP contribution in [0.3, 0.4) is 0 Å². The third kappa shape index (κ3) is 15.3. The summed E-state index contributed by atoms with van der Waals surface area (Å²) in [5.41, 5.74) is 0.836. The van der Waals surface area contributed by atoms with E-state index in [2.05, 4.69) is 20.7 Å². The van der Waals surface area contributed by atoms with Crippen LogP contribution >= 0.6 is 17.4 Å². The van der Waals surface area contributed by atoms with Crippen LogP contribution < -0.4 is 4.52 Å². The van der Waals surface area contributed by atoms with Gasteiger partial charge < -0.3 is 4.52 Å². The molecule has 0 amide bonds. The minimum absolute atomic E-state index is 0.121. The molecule has 0 spiro atoms. The molecule has 2 rings (SSSR count). The van der Waals surface area contributed by atoms with Crippen molar-refractivity contribution in [2.75, 3.05) is 13.2 Å². The molecule has 10 nitrogen and oxygen atoms in total. The van der Waals surface area contributed by atoms with Crippen molar-refractivity contribution in [3.05, 3.63) is 41.9 Å². The number of hydrogen-bond acceptors (Lipinski definition) is 10. The molecule has 0 radical (unpaired) electrons. The molecule has 0 atom stereocenters.